The molecular weight excluding hydrogens is 737 g/mol. The van der Waals surface area contributed by atoms with Crippen LogP contribution in [0.15, 0.2) is 61.8 Å². The maximum atomic E-state index is 13.5. The first-order chi connectivity index (χ1) is 23.5. The van der Waals surface area contributed by atoms with Gasteiger partial charge in [0.05, 0.1) is 16.1 Å². The maximum absolute atomic E-state index is 13.5. The van der Waals surface area contributed by atoms with E-state index >= 15 is 0 Å². The third-order valence-electron chi connectivity index (χ3n) is 9.70. The number of benzene rings is 3. The molecule has 1 spiro atoms. The maximum Gasteiger partial charge on any atom is 0.250 e. The van der Waals surface area contributed by atoms with Crippen LogP contribution in [0.3, 0.4) is 0 Å². The minimum absolute atomic E-state index is 0.0129. The number of hydrogen-bond donors (Lipinski definition) is 5. The first-order valence-electron chi connectivity index (χ1n) is 15.5. The number of fused-ring (bicyclic) bond motifs is 8. The molecule has 11 nitrogen and oxygen atoms in total. The molecule has 49 heavy (non-hydrogen) atoms. The molecule has 3 aliphatic heterocycles. The van der Waals surface area contributed by atoms with Crippen molar-refractivity contribution in [2.24, 2.45) is 11.7 Å². The van der Waals surface area contributed by atoms with Gasteiger partial charge < -0.3 is 39.8 Å². The Morgan fingerprint density at radius 1 is 1.08 bits per heavy atom. The number of aliphatic hydroxyl groups excluding tert-OH is 1. The minimum atomic E-state index is -1.75. The number of nitrogens with two attached hydrogens (primary N) is 1. The van der Waals surface area contributed by atoms with Gasteiger partial charge in [0.15, 0.2) is 22.4 Å². The van der Waals surface area contributed by atoms with E-state index in [0.717, 1.165) is 0 Å². The van der Waals surface area contributed by atoms with Gasteiger partial charge in [0.1, 0.15) is 28.1 Å². The fourth-order valence-corrected chi connectivity index (χ4v) is 8.44. The summed E-state index contributed by atoms with van der Waals surface area (Å²) in [5.41, 5.74) is 8.60. The van der Waals surface area contributed by atoms with Crippen molar-refractivity contribution in [2.45, 2.75) is 44.1 Å². The second-order valence-electron chi connectivity index (χ2n) is 12.9. The number of nitrogens with one attached hydrogen (secondary N) is 2. The number of ether oxygens (including phenoxy) is 1. The number of halogens is 3. The van der Waals surface area contributed by atoms with Crippen LogP contribution in [-0.2, 0) is 16.6 Å². The van der Waals surface area contributed by atoms with Crippen LogP contribution in [-0.4, -0.2) is 43.4 Å². The van der Waals surface area contributed by atoms with E-state index in [0.29, 0.717) is 48.9 Å². The molecule has 0 radical (unpaired) electrons. The van der Waals surface area contributed by atoms with Crippen molar-refractivity contribution in [3.8, 4) is 45.5 Å². The molecule has 10 bridgehead atoms. The van der Waals surface area contributed by atoms with Gasteiger partial charge in [-0.25, -0.2) is 4.98 Å². The van der Waals surface area contributed by atoms with Crippen molar-refractivity contribution in [3.05, 3.63) is 91.7 Å². The van der Waals surface area contributed by atoms with Crippen LogP contribution in [0.25, 0.3) is 44.9 Å². The van der Waals surface area contributed by atoms with Crippen LogP contribution in [0.2, 0.25) is 10.3 Å². The van der Waals surface area contributed by atoms with Gasteiger partial charge in [-0.3, -0.25) is 4.79 Å². The zero-order chi connectivity index (χ0) is 34.1. The fourth-order valence-electron chi connectivity index (χ4n) is 7.44. The van der Waals surface area contributed by atoms with Crippen molar-refractivity contribution in [2.75, 3.05) is 0 Å². The summed E-state index contributed by atoms with van der Waals surface area (Å²) < 4.78 is 20.0. The number of carbonyl (C=O) groups is 1. The highest BCUT2D eigenvalue weighted by atomic mass is 79.9. The molecule has 6 N–H and O–H groups in total. The average Bonchev–Trinajstić information content (AvgIpc) is 3.81. The summed E-state index contributed by atoms with van der Waals surface area (Å²) in [6.07, 6.45) is -1.54. The summed E-state index contributed by atoms with van der Waals surface area (Å²) in [6.45, 7) is 3.81. The topological polar surface area (TPSA) is 173 Å². The molecule has 3 aromatic carbocycles. The molecule has 1 amide bonds. The smallest absolute Gasteiger partial charge is 0.250 e. The fraction of sp³-hybridized carbons (Fsp3) is 0.229. The summed E-state index contributed by atoms with van der Waals surface area (Å²) in [6, 6.07) is 12.9. The monoisotopic (exact) mass is 761 g/mol. The number of para-hydroxylation sites is 1. The Kier molecular flexibility index (Phi) is 6.63. The number of aromatic hydroxyl groups is 1. The normalized spacial score (nSPS) is 22.2. The Hall–Kier alpha value is -4.33. The number of phenolic OH excluding ortho intramolecular Hbond substituents is 1. The lowest BCUT2D eigenvalue weighted by molar-refractivity contribution is -0.123. The largest absolute Gasteiger partial charge is 0.506 e. The number of hydrogen-bond acceptors (Lipinski definition) is 9. The summed E-state index contributed by atoms with van der Waals surface area (Å²) in [4.78, 5) is 26.2. The molecule has 0 fully saturated rings. The summed E-state index contributed by atoms with van der Waals surface area (Å²) in [5.74, 6) is -0.178. The van der Waals surface area contributed by atoms with E-state index in [1.54, 1.807) is 12.1 Å². The van der Waals surface area contributed by atoms with Crippen molar-refractivity contribution >= 4 is 55.9 Å². The van der Waals surface area contributed by atoms with E-state index in [4.69, 9.17) is 47.5 Å². The van der Waals surface area contributed by atoms with Crippen molar-refractivity contribution in [3.63, 3.8) is 0 Å². The van der Waals surface area contributed by atoms with E-state index in [2.05, 4.69) is 31.2 Å². The third kappa shape index (κ3) is 4.12. The molecule has 248 valence electrons. The molecular formula is C35H26BrCl2N5O6. The van der Waals surface area contributed by atoms with Crippen molar-refractivity contribution in [1.82, 2.24) is 20.3 Å². The van der Waals surface area contributed by atoms with Crippen LogP contribution < -0.4 is 15.8 Å². The van der Waals surface area contributed by atoms with Gasteiger partial charge in [-0.1, -0.05) is 73.4 Å². The molecule has 0 aliphatic carbocycles. The molecule has 3 aromatic heterocycles. The Labute approximate surface area is 296 Å². The predicted molar refractivity (Wildman–Crippen MR) is 184 cm³/mol. The molecule has 6 heterocycles. The van der Waals surface area contributed by atoms with Crippen LogP contribution >= 0.6 is 39.1 Å². The number of aromatic amines is 1. The van der Waals surface area contributed by atoms with Gasteiger partial charge in [-0.2, -0.15) is 4.98 Å². The summed E-state index contributed by atoms with van der Waals surface area (Å²) >= 11 is 17.2. The molecule has 6 aromatic rings. The number of carbonyl (C=O) groups excluding carboxylic acids is 1. The van der Waals surface area contributed by atoms with Crippen molar-refractivity contribution < 1.29 is 28.6 Å². The van der Waals surface area contributed by atoms with Crippen LogP contribution in [0.4, 0.5) is 0 Å². The van der Waals surface area contributed by atoms with Crippen LogP contribution in [0, 0.1) is 5.92 Å². The predicted octanol–water partition coefficient (Wildman–Crippen LogP) is 6.98. The lowest BCUT2D eigenvalue weighted by Crippen LogP contribution is -2.45. The number of rotatable bonds is 1. The molecule has 0 saturated carbocycles. The molecule has 9 rings (SSSR count). The number of aromatic nitrogens is 3. The standard InChI is InChI=1S/C35H26BrCl2N5O6/c1-12(2)23-32-42-24-28(49-32)35(17-9-13(10-18(36)25(17)44)11-19(39)31(45)41-23)16-7-3-6-15(26(16)48-34(35)46)14-5-4-8-20-21(14)22(29(37)40-20)27-30(38)43-33(24)47-27/h3-10,12,19,23,34,40,44,46H,11,39H2,1-2H3,(H,41,45)/t19-,23-,34?,35-/m0/s1. The molecule has 0 saturated heterocycles. The summed E-state index contributed by atoms with van der Waals surface area (Å²) in [7, 11) is 0. The SMILES string of the molecule is CC(C)[C@@H]1NC(=O)[C@@H](N)Cc2cc(Br)c(O)c(c2)[C@]23c4cccc(c4OC2O)-c2cccc4[nH]c(Cl)c(c24)-c2oc(nc2Cl)-c2nc1oc23. The molecule has 3 aliphatic rings. The van der Waals surface area contributed by atoms with Gasteiger partial charge in [0.25, 0.3) is 5.89 Å². The molecule has 14 heteroatoms. The highest BCUT2D eigenvalue weighted by Gasteiger charge is 2.59. The zero-order valence-electron chi connectivity index (χ0n) is 25.8. The first-order valence-corrected chi connectivity index (χ1v) is 17.1. The Morgan fingerprint density at radius 2 is 1.86 bits per heavy atom. The van der Waals surface area contributed by atoms with Gasteiger partial charge in [0.2, 0.25) is 18.1 Å². The van der Waals surface area contributed by atoms with E-state index < -0.39 is 29.7 Å². The third-order valence-corrected chi connectivity index (χ3v) is 10.8. The highest BCUT2D eigenvalue weighted by molar-refractivity contribution is 9.10. The average molecular weight is 763 g/mol. The van der Waals surface area contributed by atoms with E-state index in [-0.39, 0.29) is 63.0 Å². The van der Waals surface area contributed by atoms with Crippen molar-refractivity contribution in [1.29, 1.82) is 0 Å². The second kappa shape index (κ2) is 10.6. The number of nitrogens with zero attached hydrogens (tertiary/aromatic N) is 2. The quantitative estimate of drug-likeness (QED) is 0.119. The van der Waals surface area contributed by atoms with Gasteiger partial charge >= 0.3 is 0 Å². The van der Waals surface area contributed by atoms with E-state index in [1.807, 2.05) is 50.2 Å². The lowest BCUT2D eigenvalue weighted by atomic mass is 9.70. The van der Waals surface area contributed by atoms with Gasteiger partial charge in [-0.05, 0) is 51.5 Å². The Balaban J connectivity index is 1.51. The number of aliphatic hydroxyl groups is 1. The lowest BCUT2D eigenvalue weighted by Gasteiger charge is -2.32. The minimum Gasteiger partial charge on any atom is -0.506 e. The first kappa shape index (κ1) is 30.7. The highest BCUT2D eigenvalue weighted by Crippen LogP contribution is 2.60. The zero-order valence-corrected chi connectivity index (χ0v) is 28.9. The Morgan fingerprint density at radius 3 is 2.65 bits per heavy atom. The summed E-state index contributed by atoms with van der Waals surface area (Å²) in [5, 5.41) is 28.3. The number of oxazole rings is 2. The van der Waals surface area contributed by atoms with E-state index in [9.17, 15) is 15.0 Å². The van der Waals surface area contributed by atoms with Crippen LogP contribution in [0.5, 0.6) is 11.5 Å². The molecule has 4 atom stereocenters. The number of amides is 1. The second-order valence-corrected chi connectivity index (χ2v) is 14.5. The number of phenols is 1. The Bertz CT molecular complexity index is 2400. The molecule has 1 unspecified atom stereocenters. The number of H-pyrrole nitrogens is 1. The van der Waals surface area contributed by atoms with E-state index in [1.165, 1.54) is 0 Å². The van der Waals surface area contributed by atoms with Gasteiger partial charge in [0, 0.05) is 27.6 Å². The van der Waals surface area contributed by atoms with Gasteiger partial charge in [-0.15, -0.1) is 0 Å². The van der Waals surface area contributed by atoms with Crippen LogP contribution in [0.1, 0.15) is 48.2 Å².